The topological polar surface area (TPSA) is 119 Å². The molecule has 0 atom stereocenters. The van der Waals surface area contributed by atoms with Crippen LogP contribution < -0.4 is 10.5 Å². The minimum Gasteiger partial charge on any atom is -0.394 e. The van der Waals surface area contributed by atoms with Crippen molar-refractivity contribution in [2.75, 3.05) is 10.5 Å². The predicted molar refractivity (Wildman–Crippen MR) is 62.0 cm³/mol. The normalized spacial score (nSPS) is 11.6. The first-order chi connectivity index (χ1) is 7.92. The maximum atomic E-state index is 12.0. The Balaban J connectivity index is 2.42. The van der Waals surface area contributed by atoms with E-state index in [9.17, 15) is 8.42 Å². The Labute approximate surface area is 102 Å². The fraction of sp³-hybridized carbons (Fsp3) is 0.143. The van der Waals surface area contributed by atoms with Crippen molar-refractivity contribution in [3.05, 3.63) is 17.4 Å². The van der Waals surface area contributed by atoms with Gasteiger partial charge in [-0.3, -0.25) is 14.5 Å². The number of halogens is 1. The molecule has 0 fully saturated rings. The lowest BCUT2D eigenvalue weighted by Crippen LogP contribution is -2.18. The lowest BCUT2D eigenvalue weighted by atomic mass is 10.6. The number of rotatable bonds is 3. The molecule has 0 bridgehead atoms. The molecule has 0 radical (unpaired) electrons. The van der Waals surface area contributed by atoms with Crippen LogP contribution in [0.1, 0.15) is 0 Å². The molecule has 0 aromatic carbocycles. The fourth-order valence-corrected chi connectivity index (χ4v) is 2.97. The third-order valence-corrected chi connectivity index (χ3v) is 3.86. The molecule has 2 aromatic heterocycles. The molecule has 2 rings (SSSR count). The van der Waals surface area contributed by atoms with Crippen molar-refractivity contribution in [3.63, 3.8) is 0 Å². The SMILES string of the molecule is Cn1ncc(Cl)c1S(=O)(=O)Nc1[nH]ncc1N. The van der Waals surface area contributed by atoms with E-state index in [-0.39, 0.29) is 21.6 Å². The van der Waals surface area contributed by atoms with E-state index in [1.807, 2.05) is 0 Å². The summed E-state index contributed by atoms with van der Waals surface area (Å²) in [6.07, 6.45) is 2.54. The number of nitrogens with one attached hydrogen (secondary N) is 2. The van der Waals surface area contributed by atoms with Gasteiger partial charge < -0.3 is 5.73 Å². The number of nitrogens with zero attached hydrogens (tertiary/aromatic N) is 3. The van der Waals surface area contributed by atoms with Gasteiger partial charge in [-0.15, -0.1) is 0 Å². The van der Waals surface area contributed by atoms with Gasteiger partial charge in [-0.05, 0) is 0 Å². The van der Waals surface area contributed by atoms with Gasteiger partial charge in [0.25, 0.3) is 10.0 Å². The van der Waals surface area contributed by atoms with Gasteiger partial charge in [-0.25, -0.2) is 0 Å². The van der Waals surface area contributed by atoms with Crippen LogP contribution in [0.15, 0.2) is 17.4 Å². The Morgan fingerprint density at radius 2 is 2.24 bits per heavy atom. The summed E-state index contributed by atoms with van der Waals surface area (Å²) in [5, 5.41) is 9.65. The van der Waals surface area contributed by atoms with Crippen molar-refractivity contribution in [2.45, 2.75) is 5.03 Å². The fourth-order valence-electron chi connectivity index (χ4n) is 1.26. The van der Waals surface area contributed by atoms with E-state index in [0.29, 0.717) is 0 Å². The molecule has 17 heavy (non-hydrogen) atoms. The van der Waals surface area contributed by atoms with Gasteiger partial charge in [0.15, 0.2) is 10.8 Å². The molecular weight excluding hydrogens is 268 g/mol. The molecule has 0 aliphatic rings. The smallest absolute Gasteiger partial charge is 0.281 e. The minimum atomic E-state index is -3.86. The van der Waals surface area contributed by atoms with Crippen molar-refractivity contribution in [1.82, 2.24) is 20.0 Å². The maximum Gasteiger partial charge on any atom is 0.281 e. The van der Waals surface area contributed by atoms with Crippen LogP contribution in [0.2, 0.25) is 5.02 Å². The molecule has 0 unspecified atom stereocenters. The number of aromatic amines is 1. The lowest BCUT2D eigenvalue weighted by molar-refractivity contribution is 0.582. The molecular formula is C7H9ClN6O2S. The van der Waals surface area contributed by atoms with Crippen LogP contribution in [0.25, 0.3) is 0 Å². The van der Waals surface area contributed by atoms with Crippen LogP contribution in [-0.4, -0.2) is 28.4 Å². The first-order valence-electron chi connectivity index (χ1n) is 4.41. The van der Waals surface area contributed by atoms with Crippen molar-refractivity contribution < 1.29 is 8.42 Å². The van der Waals surface area contributed by atoms with Crippen LogP contribution in [0.5, 0.6) is 0 Å². The van der Waals surface area contributed by atoms with E-state index in [0.717, 1.165) is 4.68 Å². The molecule has 92 valence electrons. The van der Waals surface area contributed by atoms with E-state index in [1.165, 1.54) is 19.4 Å². The highest BCUT2D eigenvalue weighted by molar-refractivity contribution is 7.92. The number of H-pyrrole nitrogens is 1. The number of nitrogen functional groups attached to an aromatic ring is 1. The van der Waals surface area contributed by atoms with Gasteiger partial charge in [0, 0.05) is 7.05 Å². The van der Waals surface area contributed by atoms with Crippen molar-refractivity contribution in [3.8, 4) is 0 Å². The van der Waals surface area contributed by atoms with Crippen LogP contribution in [0, 0.1) is 0 Å². The van der Waals surface area contributed by atoms with Gasteiger partial charge >= 0.3 is 0 Å². The predicted octanol–water partition coefficient (Wildman–Crippen LogP) is 0.180. The largest absolute Gasteiger partial charge is 0.394 e. The van der Waals surface area contributed by atoms with E-state index in [4.69, 9.17) is 17.3 Å². The average Bonchev–Trinajstić information content (AvgIpc) is 2.74. The van der Waals surface area contributed by atoms with Gasteiger partial charge in [-0.1, -0.05) is 11.6 Å². The Morgan fingerprint density at radius 1 is 1.53 bits per heavy atom. The summed E-state index contributed by atoms with van der Waals surface area (Å²) in [5.74, 6) is 0.0854. The number of hydrogen-bond donors (Lipinski definition) is 3. The molecule has 10 heteroatoms. The van der Waals surface area contributed by atoms with Gasteiger partial charge in [0.2, 0.25) is 0 Å². The summed E-state index contributed by atoms with van der Waals surface area (Å²) in [4.78, 5) is 0. The van der Waals surface area contributed by atoms with E-state index in [1.54, 1.807) is 0 Å². The summed E-state index contributed by atoms with van der Waals surface area (Å²) < 4.78 is 27.4. The molecule has 0 aliphatic carbocycles. The second kappa shape index (κ2) is 3.93. The van der Waals surface area contributed by atoms with Crippen LogP contribution in [0.4, 0.5) is 11.5 Å². The van der Waals surface area contributed by atoms with Gasteiger partial charge in [0.1, 0.15) is 0 Å². The standard InChI is InChI=1S/C7H9ClN6O2S/c1-14-7(4(8)2-11-14)17(15,16)13-6-5(9)3-10-12-6/h2-3H,9H2,1H3,(H2,10,12,13). The Hall–Kier alpha value is -1.74. The van der Waals surface area contributed by atoms with Crippen LogP contribution in [-0.2, 0) is 17.1 Å². The highest BCUT2D eigenvalue weighted by Crippen LogP contribution is 2.23. The second-order valence-corrected chi connectivity index (χ2v) is 5.23. The Kier molecular flexibility index (Phi) is 2.71. The summed E-state index contributed by atoms with van der Waals surface area (Å²) in [6, 6.07) is 0. The molecule has 2 aromatic rings. The third-order valence-electron chi connectivity index (χ3n) is 2.00. The number of aromatic nitrogens is 4. The molecule has 0 aliphatic heterocycles. The monoisotopic (exact) mass is 276 g/mol. The Bertz CT molecular complexity index is 626. The maximum absolute atomic E-state index is 12.0. The lowest BCUT2D eigenvalue weighted by Gasteiger charge is -2.07. The zero-order valence-corrected chi connectivity index (χ0v) is 10.2. The van der Waals surface area contributed by atoms with Gasteiger partial charge in [0.05, 0.1) is 23.1 Å². The summed E-state index contributed by atoms with van der Waals surface area (Å²) in [7, 11) is -2.39. The summed E-state index contributed by atoms with van der Waals surface area (Å²) in [5.41, 5.74) is 5.69. The summed E-state index contributed by atoms with van der Waals surface area (Å²) >= 11 is 5.75. The van der Waals surface area contributed by atoms with Crippen molar-refractivity contribution >= 4 is 33.1 Å². The molecule has 0 spiro atoms. The zero-order valence-electron chi connectivity index (χ0n) is 8.68. The second-order valence-electron chi connectivity index (χ2n) is 3.23. The Morgan fingerprint density at radius 3 is 2.71 bits per heavy atom. The third kappa shape index (κ3) is 2.06. The first kappa shape index (κ1) is 11.7. The highest BCUT2D eigenvalue weighted by Gasteiger charge is 2.24. The number of hydrogen-bond acceptors (Lipinski definition) is 5. The number of nitrogens with two attached hydrogens (primary N) is 1. The quantitative estimate of drug-likeness (QED) is 0.739. The van der Waals surface area contributed by atoms with Crippen LogP contribution in [0.3, 0.4) is 0 Å². The highest BCUT2D eigenvalue weighted by atomic mass is 35.5. The number of aryl methyl sites for hydroxylation is 1. The van der Waals surface area contributed by atoms with E-state index in [2.05, 4.69) is 20.0 Å². The molecule has 2 heterocycles. The van der Waals surface area contributed by atoms with Gasteiger partial charge in [-0.2, -0.15) is 18.6 Å². The first-order valence-corrected chi connectivity index (χ1v) is 6.27. The molecule has 4 N–H and O–H groups in total. The van der Waals surface area contributed by atoms with Crippen molar-refractivity contribution in [2.24, 2.45) is 7.05 Å². The number of anilines is 2. The molecule has 8 nitrogen and oxygen atoms in total. The molecule has 0 saturated heterocycles. The van der Waals surface area contributed by atoms with Crippen molar-refractivity contribution in [1.29, 1.82) is 0 Å². The molecule has 0 amide bonds. The number of sulfonamides is 1. The van der Waals surface area contributed by atoms with E-state index < -0.39 is 10.0 Å². The van der Waals surface area contributed by atoms with Crippen LogP contribution >= 0.6 is 11.6 Å². The minimum absolute atomic E-state index is 0.0260. The average molecular weight is 277 g/mol. The zero-order chi connectivity index (χ0) is 12.6. The summed E-state index contributed by atoms with van der Waals surface area (Å²) in [6.45, 7) is 0. The molecule has 0 saturated carbocycles. The van der Waals surface area contributed by atoms with E-state index >= 15 is 0 Å².